The average Bonchev–Trinajstić information content (AvgIpc) is 2.84. The fraction of sp³-hybridized carbons (Fsp3) is 0.200. The molecule has 0 amide bonds. The van der Waals surface area contributed by atoms with Crippen LogP contribution in [0.2, 0.25) is 5.02 Å². The normalized spacial score (nSPS) is 10.5. The lowest BCUT2D eigenvalue weighted by Crippen LogP contribution is -2.13. The zero-order valence-electron chi connectivity index (χ0n) is 9.17. The van der Waals surface area contributed by atoms with E-state index in [4.69, 9.17) is 11.6 Å². The highest BCUT2D eigenvalue weighted by Gasteiger charge is 2.12. The Balaban J connectivity index is 1.97. The number of rotatable bonds is 5. The van der Waals surface area contributed by atoms with E-state index in [0.717, 1.165) is 5.56 Å². The van der Waals surface area contributed by atoms with Gasteiger partial charge >= 0.3 is 0 Å². The smallest absolute Gasteiger partial charge is 0.288 e. The lowest BCUT2D eigenvalue weighted by molar-refractivity contribution is -0.384. The SMILES string of the molecule is O=[N+]([O-])c1cc(CNCc2ncon2)ccc1Cl. The van der Waals surface area contributed by atoms with E-state index in [1.807, 2.05) is 0 Å². The number of hydrogen-bond donors (Lipinski definition) is 1. The summed E-state index contributed by atoms with van der Waals surface area (Å²) in [5, 5.41) is 17.5. The monoisotopic (exact) mass is 268 g/mol. The highest BCUT2D eigenvalue weighted by atomic mass is 35.5. The molecule has 0 aliphatic heterocycles. The van der Waals surface area contributed by atoms with E-state index in [-0.39, 0.29) is 10.7 Å². The summed E-state index contributed by atoms with van der Waals surface area (Å²) in [6.45, 7) is 0.874. The summed E-state index contributed by atoms with van der Waals surface area (Å²) in [6, 6.07) is 4.66. The number of benzene rings is 1. The van der Waals surface area contributed by atoms with Crippen LogP contribution in [-0.2, 0) is 13.1 Å². The number of nitrogens with zero attached hydrogens (tertiary/aromatic N) is 3. The van der Waals surface area contributed by atoms with Gasteiger partial charge in [-0.25, -0.2) is 0 Å². The quantitative estimate of drug-likeness (QED) is 0.658. The molecule has 1 aromatic heterocycles. The summed E-state index contributed by atoms with van der Waals surface area (Å²) in [6.07, 6.45) is 1.24. The van der Waals surface area contributed by atoms with Gasteiger partial charge in [0.25, 0.3) is 5.69 Å². The van der Waals surface area contributed by atoms with Crippen molar-refractivity contribution in [2.45, 2.75) is 13.1 Å². The van der Waals surface area contributed by atoms with Crippen LogP contribution in [-0.4, -0.2) is 15.1 Å². The minimum atomic E-state index is -0.509. The second-order valence-corrected chi connectivity index (χ2v) is 3.90. The molecule has 1 aromatic carbocycles. The van der Waals surface area contributed by atoms with Gasteiger partial charge in [0.05, 0.1) is 11.5 Å². The van der Waals surface area contributed by atoms with Crippen LogP contribution in [0.1, 0.15) is 11.4 Å². The van der Waals surface area contributed by atoms with E-state index in [1.165, 1.54) is 18.5 Å². The van der Waals surface area contributed by atoms with Crippen LogP contribution in [0.4, 0.5) is 5.69 Å². The van der Waals surface area contributed by atoms with Crippen LogP contribution in [0.15, 0.2) is 29.1 Å². The zero-order chi connectivity index (χ0) is 13.0. The Bertz CT molecular complexity index is 544. The van der Waals surface area contributed by atoms with Crippen molar-refractivity contribution < 1.29 is 9.45 Å². The van der Waals surface area contributed by atoms with Crippen molar-refractivity contribution in [3.63, 3.8) is 0 Å². The van der Waals surface area contributed by atoms with Gasteiger partial charge in [-0.05, 0) is 11.6 Å². The van der Waals surface area contributed by atoms with E-state index >= 15 is 0 Å². The lowest BCUT2D eigenvalue weighted by Gasteiger charge is -2.03. The summed E-state index contributed by atoms with van der Waals surface area (Å²) >= 11 is 5.71. The van der Waals surface area contributed by atoms with E-state index in [0.29, 0.717) is 18.9 Å². The largest absolute Gasteiger partial charge is 0.343 e. The average molecular weight is 269 g/mol. The maximum Gasteiger partial charge on any atom is 0.288 e. The summed E-state index contributed by atoms with van der Waals surface area (Å²) in [7, 11) is 0. The standard InChI is InChI=1S/C10H9ClN4O3/c11-8-2-1-7(3-9(8)15(16)17)4-12-5-10-13-6-18-14-10/h1-3,6,12H,4-5H2. The third-order valence-corrected chi connectivity index (χ3v) is 2.55. The first-order valence-electron chi connectivity index (χ1n) is 5.05. The number of aromatic nitrogens is 2. The molecule has 94 valence electrons. The van der Waals surface area contributed by atoms with Gasteiger partial charge in [0.1, 0.15) is 5.02 Å². The second kappa shape index (κ2) is 5.56. The minimum absolute atomic E-state index is 0.101. The molecule has 0 fully saturated rings. The summed E-state index contributed by atoms with van der Waals surface area (Å²) in [5.41, 5.74) is 0.658. The van der Waals surface area contributed by atoms with Crippen molar-refractivity contribution in [2.75, 3.05) is 0 Å². The van der Waals surface area contributed by atoms with Gasteiger partial charge in [0.2, 0.25) is 6.39 Å². The number of nitro groups is 1. The van der Waals surface area contributed by atoms with Gasteiger partial charge in [-0.3, -0.25) is 10.1 Å². The Morgan fingerprint density at radius 2 is 2.28 bits per heavy atom. The van der Waals surface area contributed by atoms with Crippen LogP contribution >= 0.6 is 11.6 Å². The molecule has 2 rings (SSSR count). The maximum atomic E-state index is 10.7. The number of nitro benzene ring substituents is 1. The third-order valence-electron chi connectivity index (χ3n) is 2.23. The number of nitrogens with one attached hydrogen (secondary N) is 1. The van der Waals surface area contributed by atoms with E-state index in [9.17, 15) is 10.1 Å². The Labute approximate surface area is 107 Å². The molecule has 2 aromatic rings. The number of hydrogen-bond acceptors (Lipinski definition) is 6. The van der Waals surface area contributed by atoms with Crippen LogP contribution < -0.4 is 5.32 Å². The van der Waals surface area contributed by atoms with Crippen molar-refractivity contribution in [3.05, 3.63) is 51.1 Å². The van der Waals surface area contributed by atoms with Crippen molar-refractivity contribution >= 4 is 17.3 Å². The summed E-state index contributed by atoms with van der Waals surface area (Å²) in [5.74, 6) is 0.526. The second-order valence-electron chi connectivity index (χ2n) is 3.49. The van der Waals surface area contributed by atoms with Gasteiger partial charge in [0, 0.05) is 12.6 Å². The Morgan fingerprint density at radius 1 is 1.44 bits per heavy atom. The molecule has 0 unspecified atom stereocenters. The van der Waals surface area contributed by atoms with Crippen LogP contribution in [0, 0.1) is 10.1 Å². The first-order valence-corrected chi connectivity index (χ1v) is 5.43. The highest BCUT2D eigenvalue weighted by molar-refractivity contribution is 6.32. The maximum absolute atomic E-state index is 10.7. The van der Waals surface area contributed by atoms with Crippen molar-refractivity contribution in [2.24, 2.45) is 0 Å². The molecule has 0 spiro atoms. The molecule has 0 saturated heterocycles. The van der Waals surface area contributed by atoms with Crippen molar-refractivity contribution in [1.82, 2.24) is 15.5 Å². The molecular formula is C10H9ClN4O3. The van der Waals surface area contributed by atoms with Gasteiger partial charge in [-0.15, -0.1) is 0 Å². The van der Waals surface area contributed by atoms with Gasteiger partial charge in [-0.2, -0.15) is 4.98 Å². The molecule has 0 radical (unpaired) electrons. The molecule has 8 heteroatoms. The van der Waals surface area contributed by atoms with E-state index < -0.39 is 4.92 Å². The molecule has 1 heterocycles. The van der Waals surface area contributed by atoms with Gasteiger partial charge in [-0.1, -0.05) is 22.8 Å². The molecule has 0 aliphatic carbocycles. The topological polar surface area (TPSA) is 94.1 Å². The summed E-state index contributed by atoms with van der Waals surface area (Å²) < 4.78 is 4.58. The molecule has 1 N–H and O–H groups in total. The molecule has 18 heavy (non-hydrogen) atoms. The van der Waals surface area contributed by atoms with Gasteiger partial charge < -0.3 is 9.84 Å². The molecule has 0 saturated carbocycles. The highest BCUT2D eigenvalue weighted by Crippen LogP contribution is 2.24. The predicted octanol–water partition coefficient (Wildman–Crippen LogP) is 1.92. The Hall–Kier alpha value is -1.99. The van der Waals surface area contributed by atoms with Crippen molar-refractivity contribution in [3.8, 4) is 0 Å². The molecule has 0 aliphatic rings. The number of halogens is 1. The van der Waals surface area contributed by atoms with Crippen LogP contribution in [0.5, 0.6) is 0 Å². The lowest BCUT2D eigenvalue weighted by atomic mass is 10.2. The molecular weight excluding hydrogens is 260 g/mol. The Morgan fingerprint density at radius 3 is 2.94 bits per heavy atom. The van der Waals surface area contributed by atoms with Gasteiger partial charge in [0.15, 0.2) is 5.82 Å². The fourth-order valence-electron chi connectivity index (χ4n) is 1.40. The van der Waals surface area contributed by atoms with Crippen LogP contribution in [0.3, 0.4) is 0 Å². The minimum Gasteiger partial charge on any atom is -0.343 e. The Kier molecular flexibility index (Phi) is 3.85. The van der Waals surface area contributed by atoms with Crippen LogP contribution in [0.25, 0.3) is 0 Å². The van der Waals surface area contributed by atoms with E-state index in [2.05, 4.69) is 20.0 Å². The molecule has 0 atom stereocenters. The first kappa shape index (κ1) is 12.5. The fourth-order valence-corrected chi connectivity index (χ4v) is 1.58. The molecule has 7 nitrogen and oxygen atoms in total. The van der Waals surface area contributed by atoms with E-state index in [1.54, 1.807) is 6.07 Å². The summed E-state index contributed by atoms with van der Waals surface area (Å²) in [4.78, 5) is 14.0. The third kappa shape index (κ3) is 3.02. The predicted molar refractivity (Wildman–Crippen MR) is 62.9 cm³/mol. The first-order chi connectivity index (χ1) is 8.66. The van der Waals surface area contributed by atoms with Crippen molar-refractivity contribution in [1.29, 1.82) is 0 Å². The molecule has 0 bridgehead atoms. The zero-order valence-corrected chi connectivity index (χ0v) is 9.92.